The van der Waals surface area contributed by atoms with E-state index in [1.54, 1.807) is 11.3 Å². The molecule has 0 aliphatic carbocycles. The van der Waals surface area contributed by atoms with Crippen LogP contribution in [0.2, 0.25) is 0 Å². The van der Waals surface area contributed by atoms with Crippen molar-refractivity contribution >= 4 is 27.2 Å². The van der Waals surface area contributed by atoms with Crippen molar-refractivity contribution in [1.82, 2.24) is 0 Å². The van der Waals surface area contributed by atoms with Crippen molar-refractivity contribution in [3.63, 3.8) is 0 Å². The summed E-state index contributed by atoms with van der Waals surface area (Å²) in [5.74, 6) is -0.139. The molecule has 2 aromatic carbocycles. The maximum Gasteiger partial charge on any atom is 0.169 e. The van der Waals surface area contributed by atoms with Crippen LogP contribution in [-0.4, -0.2) is 5.78 Å². The zero-order valence-corrected chi connectivity index (χ0v) is 12.6. The van der Waals surface area contributed by atoms with Gasteiger partial charge in [0.2, 0.25) is 0 Å². The van der Waals surface area contributed by atoms with Crippen molar-refractivity contribution in [2.24, 2.45) is 11.7 Å². The fourth-order valence-electron chi connectivity index (χ4n) is 2.56. The Labute approximate surface area is 128 Å². The average Bonchev–Trinajstić information content (AvgIpc) is 3.02. The second kappa shape index (κ2) is 5.80. The molecule has 3 heteroatoms. The second-order valence-corrected chi connectivity index (χ2v) is 6.15. The van der Waals surface area contributed by atoms with Crippen molar-refractivity contribution in [3.8, 4) is 0 Å². The van der Waals surface area contributed by atoms with E-state index in [4.69, 9.17) is 5.73 Å². The van der Waals surface area contributed by atoms with Crippen molar-refractivity contribution in [3.05, 3.63) is 71.1 Å². The minimum Gasteiger partial charge on any atom is -0.323 e. The highest BCUT2D eigenvalue weighted by atomic mass is 32.1. The maximum atomic E-state index is 12.8. The molecule has 3 rings (SSSR count). The molecule has 0 aliphatic rings. The number of fused-ring (bicyclic) bond motifs is 1. The van der Waals surface area contributed by atoms with Crippen molar-refractivity contribution in [2.75, 3.05) is 0 Å². The molecule has 106 valence electrons. The molecule has 0 aliphatic heterocycles. The highest BCUT2D eigenvalue weighted by Gasteiger charge is 2.24. The zero-order valence-electron chi connectivity index (χ0n) is 11.8. The molecule has 0 fully saturated rings. The largest absolute Gasteiger partial charge is 0.323 e. The first-order valence-electron chi connectivity index (χ1n) is 6.99. The molecular weight excluding hydrogens is 278 g/mol. The van der Waals surface area contributed by atoms with E-state index in [9.17, 15) is 4.79 Å². The lowest BCUT2D eigenvalue weighted by molar-refractivity contribution is 0.0914. The summed E-state index contributed by atoms with van der Waals surface area (Å²) in [4.78, 5) is 12.8. The molecule has 0 amide bonds. The Morgan fingerprint density at radius 2 is 1.81 bits per heavy atom. The fourth-order valence-corrected chi connectivity index (χ4v) is 3.48. The van der Waals surface area contributed by atoms with E-state index in [1.807, 2.05) is 66.9 Å². The lowest BCUT2D eigenvalue weighted by atomic mass is 9.88. The number of hydrogen-bond acceptors (Lipinski definition) is 3. The van der Waals surface area contributed by atoms with E-state index < -0.39 is 0 Å². The summed E-state index contributed by atoms with van der Waals surface area (Å²) in [6.07, 6.45) is 0. The number of thiophene rings is 1. The Bertz CT molecular complexity index is 763. The van der Waals surface area contributed by atoms with E-state index in [0.717, 1.165) is 21.2 Å². The van der Waals surface area contributed by atoms with Crippen molar-refractivity contribution in [1.29, 1.82) is 0 Å². The molecule has 1 heterocycles. The van der Waals surface area contributed by atoms with Gasteiger partial charge in [-0.25, -0.2) is 0 Å². The molecule has 0 radical (unpaired) electrons. The molecule has 0 bridgehead atoms. The fraction of sp³-hybridized carbons (Fsp3) is 0.167. The maximum absolute atomic E-state index is 12.8. The van der Waals surface area contributed by atoms with Crippen LogP contribution in [-0.2, 0) is 0 Å². The summed E-state index contributed by atoms with van der Waals surface area (Å²) < 4.78 is 1.05. The number of carbonyl (C=O) groups excluding carboxylic acids is 1. The molecule has 0 saturated carbocycles. The molecular formula is C18H17NOS. The molecule has 2 unspecified atom stereocenters. The first-order valence-corrected chi connectivity index (χ1v) is 7.87. The molecule has 1 aromatic heterocycles. The highest BCUT2D eigenvalue weighted by molar-refractivity contribution is 7.17. The van der Waals surface area contributed by atoms with Gasteiger partial charge in [0, 0.05) is 22.2 Å². The Hall–Kier alpha value is -1.97. The van der Waals surface area contributed by atoms with Crippen molar-refractivity contribution < 1.29 is 4.79 Å². The van der Waals surface area contributed by atoms with Crippen molar-refractivity contribution in [2.45, 2.75) is 13.0 Å². The van der Waals surface area contributed by atoms with Gasteiger partial charge >= 0.3 is 0 Å². The summed E-state index contributed by atoms with van der Waals surface area (Å²) in [6, 6.07) is 17.4. The second-order valence-electron chi connectivity index (χ2n) is 5.23. The predicted octanol–water partition coefficient (Wildman–Crippen LogP) is 4.42. The van der Waals surface area contributed by atoms with E-state index in [0.29, 0.717) is 0 Å². The van der Waals surface area contributed by atoms with Gasteiger partial charge in [-0.1, -0.05) is 49.4 Å². The summed E-state index contributed by atoms with van der Waals surface area (Å²) in [7, 11) is 0. The highest BCUT2D eigenvalue weighted by Crippen LogP contribution is 2.29. The first-order chi connectivity index (χ1) is 10.2. The Morgan fingerprint density at radius 1 is 1.05 bits per heavy atom. The quantitative estimate of drug-likeness (QED) is 0.724. The normalized spacial score (nSPS) is 14.0. The van der Waals surface area contributed by atoms with E-state index in [-0.39, 0.29) is 17.7 Å². The molecule has 0 saturated heterocycles. The lowest BCUT2D eigenvalue weighted by Crippen LogP contribution is -2.26. The van der Waals surface area contributed by atoms with Crippen LogP contribution in [0.3, 0.4) is 0 Å². The van der Waals surface area contributed by atoms with E-state index in [2.05, 4.69) is 0 Å². The first kappa shape index (κ1) is 14.0. The molecule has 2 nitrogen and oxygen atoms in total. The number of Topliss-reactive ketones (excluding diaryl/α,β-unsaturated/α-hetero) is 1. The van der Waals surface area contributed by atoms with Crippen LogP contribution in [0.4, 0.5) is 0 Å². The number of nitrogens with two attached hydrogens (primary N) is 1. The Balaban J connectivity index is 1.93. The van der Waals surface area contributed by atoms with Gasteiger partial charge in [-0.15, -0.1) is 11.3 Å². The van der Waals surface area contributed by atoms with Gasteiger partial charge < -0.3 is 5.73 Å². The Morgan fingerprint density at radius 3 is 2.57 bits per heavy atom. The van der Waals surface area contributed by atoms with Crippen LogP contribution in [0.15, 0.2) is 60.0 Å². The number of hydrogen-bond donors (Lipinski definition) is 1. The zero-order chi connectivity index (χ0) is 14.8. The minimum absolute atomic E-state index is 0.111. The van der Waals surface area contributed by atoms with Gasteiger partial charge in [-0.3, -0.25) is 4.79 Å². The number of benzene rings is 2. The third-order valence-corrected chi connectivity index (χ3v) is 4.84. The van der Waals surface area contributed by atoms with E-state index in [1.165, 1.54) is 0 Å². The summed E-state index contributed by atoms with van der Waals surface area (Å²) >= 11 is 1.61. The summed E-state index contributed by atoms with van der Waals surface area (Å²) in [5, 5.41) is 3.13. The average molecular weight is 295 g/mol. The minimum atomic E-state index is -0.283. The third-order valence-electron chi connectivity index (χ3n) is 3.88. The van der Waals surface area contributed by atoms with Gasteiger partial charge in [-0.2, -0.15) is 0 Å². The van der Waals surface area contributed by atoms with Crippen LogP contribution >= 0.6 is 11.3 Å². The van der Waals surface area contributed by atoms with Gasteiger partial charge in [0.15, 0.2) is 5.78 Å². The smallest absolute Gasteiger partial charge is 0.169 e. The van der Waals surface area contributed by atoms with Gasteiger partial charge in [0.05, 0.1) is 0 Å². The number of carbonyl (C=O) groups is 1. The lowest BCUT2D eigenvalue weighted by Gasteiger charge is -2.19. The number of rotatable bonds is 4. The van der Waals surface area contributed by atoms with E-state index >= 15 is 0 Å². The number of ketones is 1. The van der Waals surface area contributed by atoms with Gasteiger partial charge in [-0.05, 0) is 28.5 Å². The topological polar surface area (TPSA) is 43.1 Å². The molecule has 21 heavy (non-hydrogen) atoms. The van der Waals surface area contributed by atoms with Crippen LogP contribution in [0.5, 0.6) is 0 Å². The van der Waals surface area contributed by atoms with Crippen LogP contribution in [0.25, 0.3) is 10.1 Å². The van der Waals surface area contributed by atoms with Gasteiger partial charge in [0.25, 0.3) is 0 Å². The van der Waals surface area contributed by atoms with Crippen LogP contribution in [0.1, 0.15) is 28.9 Å². The third kappa shape index (κ3) is 2.62. The van der Waals surface area contributed by atoms with Crippen LogP contribution in [0, 0.1) is 5.92 Å². The predicted molar refractivity (Wildman–Crippen MR) is 88.7 cm³/mol. The SMILES string of the molecule is CC(C(=O)c1cccc2ccsc12)C(N)c1ccccc1. The Kier molecular flexibility index (Phi) is 3.86. The summed E-state index contributed by atoms with van der Waals surface area (Å²) in [5.41, 5.74) is 8.05. The molecule has 0 spiro atoms. The summed E-state index contributed by atoms with van der Waals surface area (Å²) in [6.45, 7) is 1.91. The van der Waals surface area contributed by atoms with Gasteiger partial charge in [0.1, 0.15) is 0 Å². The standard InChI is InChI=1S/C18H17NOS/c1-12(16(19)13-6-3-2-4-7-13)17(20)15-9-5-8-14-10-11-21-18(14)15/h2-12,16H,19H2,1H3. The molecule has 2 N–H and O–H groups in total. The van der Waals surface area contributed by atoms with Crippen LogP contribution < -0.4 is 5.73 Å². The molecule has 3 aromatic rings. The monoisotopic (exact) mass is 295 g/mol. The molecule has 2 atom stereocenters.